The van der Waals surface area contributed by atoms with Crippen LogP contribution < -0.4 is 10.9 Å². The van der Waals surface area contributed by atoms with E-state index in [0.717, 1.165) is 23.8 Å². The number of anilines is 1. The Kier molecular flexibility index (Phi) is 5.36. The van der Waals surface area contributed by atoms with Gasteiger partial charge in [0, 0.05) is 55.0 Å². The molecule has 3 aromatic heterocycles. The minimum Gasteiger partial charge on any atom is -0.384 e. The molecule has 8 nitrogen and oxygen atoms in total. The Morgan fingerprint density at radius 1 is 1.27 bits per heavy atom. The number of hydrogen-bond donors (Lipinski definition) is 2. The topological polar surface area (TPSA) is 106 Å². The predicted octanol–water partition coefficient (Wildman–Crippen LogP) is 2.33. The van der Waals surface area contributed by atoms with Crippen LogP contribution in [-0.2, 0) is 16.6 Å². The number of aromatic nitrogens is 3. The van der Waals surface area contributed by atoms with Gasteiger partial charge in [-0.25, -0.2) is 4.98 Å². The van der Waals surface area contributed by atoms with Gasteiger partial charge in [0.25, 0.3) is 5.56 Å². The monoisotopic (exact) mass is 408 g/mol. The SMILES string of the molecule is COC[C@@H](O)c1cc(C)c(-c2cc3cnc(NC(=O)C4CC4)cc3n(C)c2=O)cn1. The van der Waals surface area contributed by atoms with E-state index in [2.05, 4.69) is 15.3 Å². The van der Waals surface area contributed by atoms with Crippen LogP contribution in [-0.4, -0.2) is 39.3 Å². The van der Waals surface area contributed by atoms with Crippen molar-refractivity contribution in [2.75, 3.05) is 19.0 Å². The number of ether oxygens (including phenoxy) is 1. The number of aryl methyl sites for hydroxylation is 2. The third kappa shape index (κ3) is 3.83. The lowest BCUT2D eigenvalue weighted by molar-refractivity contribution is -0.117. The van der Waals surface area contributed by atoms with Gasteiger partial charge >= 0.3 is 0 Å². The van der Waals surface area contributed by atoms with Crippen LogP contribution in [0.4, 0.5) is 5.82 Å². The highest BCUT2D eigenvalue weighted by molar-refractivity contribution is 5.95. The van der Waals surface area contributed by atoms with Gasteiger partial charge in [-0.1, -0.05) is 0 Å². The van der Waals surface area contributed by atoms with E-state index in [1.54, 1.807) is 42.2 Å². The molecule has 0 aromatic carbocycles. The van der Waals surface area contributed by atoms with E-state index in [0.29, 0.717) is 28.2 Å². The van der Waals surface area contributed by atoms with E-state index in [9.17, 15) is 14.7 Å². The molecular formula is C22H24N4O4. The van der Waals surface area contributed by atoms with E-state index < -0.39 is 6.10 Å². The first-order valence-corrected chi connectivity index (χ1v) is 9.83. The van der Waals surface area contributed by atoms with Crippen molar-refractivity contribution in [1.29, 1.82) is 0 Å². The van der Waals surface area contributed by atoms with E-state index in [1.807, 2.05) is 6.92 Å². The maximum atomic E-state index is 13.1. The van der Waals surface area contributed by atoms with Crippen LogP contribution in [0.3, 0.4) is 0 Å². The Morgan fingerprint density at radius 2 is 2.03 bits per heavy atom. The molecule has 0 bridgehead atoms. The number of amides is 1. The summed E-state index contributed by atoms with van der Waals surface area (Å²) in [4.78, 5) is 33.7. The van der Waals surface area contributed by atoms with E-state index in [-0.39, 0.29) is 24.0 Å². The highest BCUT2D eigenvalue weighted by atomic mass is 16.5. The van der Waals surface area contributed by atoms with Crippen LogP contribution in [0.5, 0.6) is 0 Å². The Hall–Kier alpha value is -3.10. The minimum absolute atomic E-state index is 0.0269. The molecule has 0 spiro atoms. The van der Waals surface area contributed by atoms with Gasteiger partial charge in [0.1, 0.15) is 11.9 Å². The lowest BCUT2D eigenvalue weighted by atomic mass is 10.0. The fourth-order valence-electron chi connectivity index (χ4n) is 3.48. The van der Waals surface area contributed by atoms with Gasteiger partial charge in [0.2, 0.25) is 5.91 Å². The van der Waals surface area contributed by atoms with Gasteiger partial charge in [0.05, 0.1) is 17.8 Å². The lowest BCUT2D eigenvalue weighted by Gasteiger charge is -2.14. The average Bonchev–Trinajstić information content (AvgIpc) is 3.57. The number of carbonyl (C=O) groups excluding carboxylic acids is 1. The highest BCUT2D eigenvalue weighted by Gasteiger charge is 2.29. The summed E-state index contributed by atoms with van der Waals surface area (Å²) in [5.74, 6) is 0.493. The van der Waals surface area contributed by atoms with E-state index >= 15 is 0 Å². The van der Waals surface area contributed by atoms with Gasteiger partial charge in [-0.15, -0.1) is 0 Å². The first kappa shape index (κ1) is 20.2. The largest absolute Gasteiger partial charge is 0.384 e. The summed E-state index contributed by atoms with van der Waals surface area (Å²) >= 11 is 0. The second-order valence-corrected chi connectivity index (χ2v) is 7.71. The summed E-state index contributed by atoms with van der Waals surface area (Å²) in [5.41, 5.74) is 3.02. The van der Waals surface area contributed by atoms with Crippen molar-refractivity contribution in [3.05, 3.63) is 52.2 Å². The van der Waals surface area contributed by atoms with Crippen LogP contribution in [0.1, 0.15) is 30.2 Å². The number of carbonyl (C=O) groups is 1. The quantitative estimate of drug-likeness (QED) is 0.648. The summed E-state index contributed by atoms with van der Waals surface area (Å²) in [6.45, 7) is 2.02. The van der Waals surface area contributed by atoms with Gasteiger partial charge in [-0.3, -0.25) is 14.6 Å². The zero-order valence-electron chi connectivity index (χ0n) is 17.2. The van der Waals surface area contributed by atoms with Crippen LogP contribution >= 0.6 is 0 Å². The summed E-state index contributed by atoms with van der Waals surface area (Å²) in [5, 5.41) is 13.7. The number of nitrogens with one attached hydrogen (secondary N) is 1. The Morgan fingerprint density at radius 3 is 2.70 bits per heavy atom. The number of fused-ring (bicyclic) bond motifs is 1. The van der Waals surface area contributed by atoms with E-state index in [4.69, 9.17) is 4.74 Å². The maximum Gasteiger partial charge on any atom is 0.258 e. The van der Waals surface area contributed by atoms with Crippen molar-refractivity contribution in [2.45, 2.75) is 25.9 Å². The zero-order chi connectivity index (χ0) is 21.4. The molecule has 1 aliphatic rings. The standard InChI is InChI=1S/C22H24N4O4/c1-12-6-17(19(27)11-30-3)23-10-16(12)15-7-14-9-24-20(25-21(28)13-4-5-13)8-18(14)26(2)22(15)29/h6-10,13,19,27H,4-5,11H2,1-3H3,(H,24,25,28)/t19-/m1/s1. The van der Waals surface area contributed by atoms with Crippen LogP contribution in [0.25, 0.3) is 22.0 Å². The van der Waals surface area contributed by atoms with Crippen molar-refractivity contribution >= 4 is 22.6 Å². The molecule has 8 heteroatoms. The van der Waals surface area contributed by atoms with Crippen molar-refractivity contribution in [3.8, 4) is 11.1 Å². The van der Waals surface area contributed by atoms with E-state index in [1.165, 1.54) is 7.11 Å². The molecule has 1 aliphatic carbocycles. The molecule has 30 heavy (non-hydrogen) atoms. The molecule has 156 valence electrons. The molecule has 4 rings (SSSR count). The minimum atomic E-state index is -0.823. The number of aliphatic hydroxyl groups excluding tert-OH is 1. The molecule has 0 unspecified atom stereocenters. The summed E-state index contributed by atoms with van der Waals surface area (Å²) in [6, 6.07) is 5.26. The van der Waals surface area contributed by atoms with Crippen LogP contribution in [0.2, 0.25) is 0 Å². The average molecular weight is 408 g/mol. The third-order valence-corrected chi connectivity index (χ3v) is 5.40. The number of methoxy groups -OCH3 is 1. The molecule has 1 saturated carbocycles. The summed E-state index contributed by atoms with van der Waals surface area (Å²) in [6.07, 6.45) is 4.26. The fraction of sp³-hybridized carbons (Fsp3) is 0.364. The molecule has 1 atom stereocenters. The van der Waals surface area contributed by atoms with Crippen molar-refractivity contribution in [2.24, 2.45) is 13.0 Å². The Balaban J connectivity index is 1.72. The Bertz CT molecular complexity index is 1180. The first-order valence-electron chi connectivity index (χ1n) is 9.83. The number of pyridine rings is 3. The second kappa shape index (κ2) is 7.97. The normalized spacial score (nSPS) is 14.7. The molecule has 3 aromatic rings. The molecule has 0 radical (unpaired) electrons. The third-order valence-electron chi connectivity index (χ3n) is 5.40. The molecule has 2 N–H and O–H groups in total. The molecule has 3 heterocycles. The maximum absolute atomic E-state index is 13.1. The number of rotatable bonds is 6. The molecule has 1 fully saturated rings. The molecular weight excluding hydrogens is 384 g/mol. The summed E-state index contributed by atoms with van der Waals surface area (Å²) < 4.78 is 6.52. The zero-order valence-corrected chi connectivity index (χ0v) is 17.2. The summed E-state index contributed by atoms with van der Waals surface area (Å²) in [7, 11) is 3.21. The van der Waals surface area contributed by atoms with Crippen LogP contribution in [0.15, 0.2) is 35.4 Å². The van der Waals surface area contributed by atoms with Crippen molar-refractivity contribution in [1.82, 2.24) is 14.5 Å². The van der Waals surface area contributed by atoms with Crippen molar-refractivity contribution < 1.29 is 14.6 Å². The van der Waals surface area contributed by atoms with Gasteiger partial charge in [0.15, 0.2) is 0 Å². The second-order valence-electron chi connectivity index (χ2n) is 7.71. The smallest absolute Gasteiger partial charge is 0.258 e. The Labute approximate surface area is 173 Å². The van der Waals surface area contributed by atoms with Gasteiger partial charge in [-0.05, 0) is 37.5 Å². The predicted molar refractivity (Wildman–Crippen MR) is 113 cm³/mol. The number of nitrogens with zero attached hydrogens (tertiary/aromatic N) is 3. The van der Waals surface area contributed by atoms with Crippen molar-refractivity contribution in [3.63, 3.8) is 0 Å². The molecule has 0 saturated heterocycles. The number of aliphatic hydroxyl groups is 1. The highest BCUT2D eigenvalue weighted by Crippen LogP contribution is 2.30. The molecule has 0 aliphatic heterocycles. The lowest BCUT2D eigenvalue weighted by Crippen LogP contribution is -2.20. The van der Waals surface area contributed by atoms with Gasteiger partial charge < -0.3 is 19.7 Å². The fourth-order valence-corrected chi connectivity index (χ4v) is 3.48. The van der Waals surface area contributed by atoms with Crippen LogP contribution in [0, 0.1) is 12.8 Å². The molecule has 1 amide bonds. The van der Waals surface area contributed by atoms with Gasteiger partial charge in [-0.2, -0.15) is 0 Å². The first-order chi connectivity index (χ1) is 14.4. The number of hydrogen-bond acceptors (Lipinski definition) is 6.